The van der Waals surface area contributed by atoms with Gasteiger partial charge >= 0.3 is 0 Å². The van der Waals surface area contributed by atoms with E-state index in [1.54, 1.807) is 6.07 Å². The minimum absolute atomic E-state index is 0.0181. The molecule has 0 saturated heterocycles. The van der Waals surface area contributed by atoms with Crippen LogP contribution in [0.1, 0.15) is 18.5 Å². The summed E-state index contributed by atoms with van der Waals surface area (Å²) in [6.45, 7) is 2.00. The summed E-state index contributed by atoms with van der Waals surface area (Å²) in [5, 5.41) is 14.3. The van der Waals surface area contributed by atoms with E-state index in [0.29, 0.717) is 10.7 Å². The molecule has 104 valence electrons. The summed E-state index contributed by atoms with van der Waals surface area (Å²) in [4.78, 5) is 10.2. The van der Waals surface area contributed by atoms with Gasteiger partial charge in [-0.3, -0.25) is 10.1 Å². The van der Waals surface area contributed by atoms with Crippen LogP contribution in [0.2, 0.25) is 5.02 Å². The van der Waals surface area contributed by atoms with Gasteiger partial charge in [-0.25, -0.2) is 0 Å². The second-order valence-electron chi connectivity index (χ2n) is 4.31. The Morgan fingerprint density at radius 3 is 2.60 bits per heavy atom. The molecule has 4 nitrogen and oxygen atoms in total. The fourth-order valence-electron chi connectivity index (χ4n) is 1.87. The molecule has 0 fully saturated rings. The average Bonchev–Trinajstić information content (AvgIpc) is 2.41. The van der Waals surface area contributed by atoms with Crippen molar-refractivity contribution in [2.45, 2.75) is 13.0 Å². The molecule has 0 heterocycles. The highest BCUT2D eigenvalue weighted by atomic mass is 79.9. The summed E-state index contributed by atoms with van der Waals surface area (Å²) in [7, 11) is 0. The van der Waals surface area contributed by atoms with Crippen molar-refractivity contribution in [3.8, 4) is 0 Å². The number of benzene rings is 2. The van der Waals surface area contributed by atoms with Crippen molar-refractivity contribution in [1.82, 2.24) is 0 Å². The highest BCUT2D eigenvalue weighted by molar-refractivity contribution is 9.10. The molecule has 1 unspecified atom stereocenters. The molecule has 6 heteroatoms. The Bertz CT molecular complexity index is 649. The predicted octanol–water partition coefficient (Wildman–Crippen LogP) is 5.18. The maximum atomic E-state index is 10.7. The number of halogens is 2. The SMILES string of the molecule is CC(Nc1ccc([N+](=O)[O-])cc1Cl)c1ccccc1Br. The van der Waals surface area contributed by atoms with E-state index in [1.165, 1.54) is 12.1 Å². The Balaban J connectivity index is 2.22. The zero-order valence-corrected chi connectivity index (χ0v) is 13.0. The minimum atomic E-state index is -0.465. The van der Waals surface area contributed by atoms with Gasteiger partial charge in [-0.2, -0.15) is 0 Å². The lowest BCUT2D eigenvalue weighted by molar-refractivity contribution is -0.384. The first-order valence-electron chi connectivity index (χ1n) is 5.94. The first kappa shape index (κ1) is 14.8. The molecule has 1 N–H and O–H groups in total. The molecule has 2 rings (SSSR count). The van der Waals surface area contributed by atoms with Crippen molar-refractivity contribution in [3.63, 3.8) is 0 Å². The number of non-ortho nitro benzene ring substituents is 1. The van der Waals surface area contributed by atoms with E-state index in [0.717, 1.165) is 10.0 Å². The molecule has 0 radical (unpaired) electrons. The third-order valence-electron chi connectivity index (χ3n) is 2.91. The topological polar surface area (TPSA) is 55.2 Å². The lowest BCUT2D eigenvalue weighted by Crippen LogP contribution is -2.07. The van der Waals surface area contributed by atoms with E-state index in [1.807, 2.05) is 31.2 Å². The smallest absolute Gasteiger partial charge is 0.271 e. The van der Waals surface area contributed by atoms with Gasteiger partial charge in [0.15, 0.2) is 0 Å². The Morgan fingerprint density at radius 1 is 1.30 bits per heavy atom. The van der Waals surface area contributed by atoms with Gasteiger partial charge in [0.1, 0.15) is 0 Å². The van der Waals surface area contributed by atoms with Crippen LogP contribution in [0.15, 0.2) is 46.9 Å². The van der Waals surface area contributed by atoms with Gasteiger partial charge < -0.3 is 5.32 Å². The summed E-state index contributed by atoms with van der Waals surface area (Å²) in [6.07, 6.45) is 0. The first-order valence-corrected chi connectivity index (χ1v) is 7.11. The van der Waals surface area contributed by atoms with Crippen LogP contribution in [0.25, 0.3) is 0 Å². The lowest BCUT2D eigenvalue weighted by Gasteiger charge is -2.18. The van der Waals surface area contributed by atoms with Gasteiger partial charge in [-0.1, -0.05) is 45.7 Å². The quantitative estimate of drug-likeness (QED) is 0.607. The largest absolute Gasteiger partial charge is 0.377 e. The van der Waals surface area contributed by atoms with Crippen LogP contribution >= 0.6 is 27.5 Å². The average molecular weight is 356 g/mol. The number of hydrogen-bond acceptors (Lipinski definition) is 3. The normalized spacial score (nSPS) is 11.9. The number of nitro benzene ring substituents is 1. The number of hydrogen-bond donors (Lipinski definition) is 1. The summed E-state index contributed by atoms with van der Waals surface area (Å²) in [5.74, 6) is 0. The molecule has 0 aromatic heterocycles. The molecular formula is C14H12BrClN2O2. The van der Waals surface area contributed by atoms with Crippen LogP contribution in [0, 0.1) is 10.1 Å². The molecule has 2 aromatic carbocycles. The van der Waals surface area contributed by atoms with Crippen LogP contribution in [-0.4, -0.2) is 4.92 Å². The fraction of sp³-hybridized carbons (Fsp3) is 0.143. The maximum absolute atomic E-state index is 10.7. The van der Waals surface area contributed by atoms with Gasteiger partial charge in [-0.05, 0) is 24.6 Å². The zero-order chi connectivity index (χ0) is 14.7. The van der Waals surface area contributed by atoms with E-state index in [-0.39, 0.29) is 11.7 Å². The standard InChI is InChI=1S/C14H12BrClN2O2/c1-9(11-4-2-3-5-12(11)15)17-14-7-6-10(18(19)20)8-13(14)16/h2-9,17H,1H3. The van der Waals surface area contributed by atoms with Crippen molar-refractivity contribution in [1.29, 1.82) is 0 Å². The zero-order valence-electron chi connectivity index (χ0n) is 10.6. The van der Waals surface area contributed by atoms with Gasteiger partial charge in [0, 0.05) is 22.6 Å². The van der Waals surface area contributed by atoms with Gasteiger partial charge in [0.2, 0.25) is 0 Å². The summed E-state index contributed by atoms with van der Waals surface area (Å²) < 4.78 is 0.998. The van der Waals surface area contributed by atoms with Crippen LogP contribution in [-0.2, 0) is 0 Å². The van der Waals surface area contributed by atoms with E-state index in [9.17, 15) is 10.1 Å². The lowest BCUT2D eigenvalue weighted by atomic mass is 10.1. The molecule has 1 atom stereocenters. The monoisotopic (exact) mass is 354 g/mol. The molecule has 2 aromatic rings. The third-order valence-corrected chi connectivity index (χ3v) is 3.94. The number of nitrogens with one attached hydrogen (secondary N) is 1. The molecule has 0 spiro atoms. The predicted molar refractivity (Wildman–Crippen MR) is 84.3 cm³/mol. The number of nitrogens with zero attached hydrogens (tertiary/aromatic N) is 1. The second kappa shape index (κ2) is 6.24. The number of nitro groups is 1. The Labute approximate surface area is 130 Å². The maximum Gasteiger partial charge on any atom is 0.271 e. The highest BCUT2D eigenvalue weighted by Crippen LogP contribution is 2.31. The first-order chi connectivity index (χ1) is 9.49. The second-order valence-corrected chi connectivity index (χ2v) is 5.57. The van der Waals surface area contributed by atoms with Crippen LogP contribution < -0.4 is 5.32 Å². The van der Waals surface area contributed by atoms with Crippen molar-refractivity contribution >= 4 is 38.9 Å². The van der Waals surface area contributed by atoms with E-state index in [2.05, 4.69) is 21.2 Å². The van der Waals surface area contributed by atoms with Crippen LogP contribution in [0.3, 0.4) is 0 Å². The van der Waals surface area contributed by atoms with E-state index >= 15 is 0 Å². The Morgan fingerprint density at radius 2 is 2.00 bits per heavy atom. The number of rotatable bonds is 4. The number of anilines is 1. The molecule has 20 heavy (non-hydrogen) atoms. The van der Waals surface area contributed by atoms with Gasteiger partial charge in [0.05, 0.1) is 15.6 Å². The van der Waals surface area contributed by atoms with Crippen molar-refractivity contribution < 1.29 is 4.92 Å². The summed E-state index contributed by atoms with van der Waals surface area (Å²) in [6, 6.07) is 12.3. The molecule has 0 saturated carbocycles. The van der Waals surface area contributed by atoms with E-state index in [4.69, 9.17) is 11.6 Å². The van der Waals surface area contributed by atoms with Crippen molar-refractivity contribution in [3.05, 3.63) is 67.6 Å². The summed E-state index contributed by atoms with van der Waals surface area (Å²) in [5.41, 5.74) is 1.73. The highest BCUT2D eigenvalue weighted by Gasteiger charge is 2.13. The van der Waals surface area contributed by atoms with E-state index < -0.39 is 4.92 Å². The Kier molecular flexibility index (Phi) is 4.62. The molecule has 0 aliphatic heterocycles. The van der Waals surface area contributed by atoms with Crippen molar-refractivity contribution in [2.75, 3.05) is 5.32 Å². The molecule has 0 aliphatic carbocycles. The fourth-order valence-corrected chi connectivity index (χ4v) is 2.73. The molecule has 0 amide bonds. The molecular weight excluding hydrogens is 344 g/mol. The van der Waals surface area contributed by atoms with Gasteiger partial charge in [0.25, 0.3) is 5.69 Å². The van der Waals surface area contributed by atoms with Crippen molar-refractivity contribution in [2.24, 2.45) is 0 Å². The molecule has 0 aliphatic rings. The third kappa shape index (κ3) is 3.29. The molecule has 0 bridgehead atoms. The van der Waals surface area contributed by atoms with Crippen LogP contribution in [0.5, 0.6) is 0 Å². The van der Waals surface area contributed by atoms with Gasteiger partial charge in [-0.15, -0.1) is 0 Å². The summed E-state index contributed by atoms with van der Waals surface area (Å²) >= 11 is 9.56. The Hall–Kier alpha value is -1.59. The minimum Gasteiger partial charge on any atom is -0.377 e. The van der Waals surface area contributed by atoms with Crippen LogP contribution in [0.4, 0.5) is 11.4 Å².